The molecule has 2 aromatic carbocycles. The maximum absolute atomic E-state index is 6.60. The maximum atomic E-state index is 6.60. The van der Waals surface area contributed by atoms with Gasteiger partial charge in [0.05, 0.1) is 0 Å². The van der Waals surface area contributed by atoms with Crippen molar-refractivity contribution in [1.29, 1.82) is 0 Å². The number of allylic oxidation sites excluding steroid dienone is 2. The molecule has 0 aromatic heterocycles. The monoisotopic (exact) mass is 508 g/mol. The van der Waals surface area contributed by atoms with Gasteiger partial charge in [0.25, 0.3) is 0 Å². The molecule has 4 rings (SSSR count). The quantitative estimate of drug-likeness (QED) is 0.267. The molecule has 0 nitrogen and oxygen atoms in total. The van der Waals surface area contributed by atoms with Crippen molar-refractivity contribution in [3.8, 4) is 0 Å². The molecule has 26 heavy (non-hydrogen) atoms. The van der Waals surface area contributed by atoms with Gasteiger partial charge >= 0.3 is 0 Å². The Labute approximate surface area is 179 Å². The minimum Gasteiger partial charge on any atom is -0.167 e. The first-order valence-corrected chi connectivity index (χ1v) is 14.5. The molecule has 4 heteroatoms. The summed E-state index contributed by atoms with van der Waals surface area (Å²) >= 11 is 13.7. The second-order valence-electron chi connectivity index (χ2n) is 7.60. The van der Waals surface area contributed by atoms with Crippen LogP contribution in [0.15, 0.2) is 56.5 Å². The minimum absolute atomic E-state index is 0.465. The van der Waals surface area contributed by atoms with Crippen molar-refractivity contribution in [2.24, 2.45) is 0 Å². The maximum Gasteiger partial charge on any atom is 0.161 e. The Morgan fingerprint density at radius 1 is 0.962 bits per heavy atom. The smallest absolute Gasteiger partial charge is 0.161 e. The van der Waals surface area contributed by atoms with Crippen molar-refractivity contribution in [3.63, 3.8) is 0 Å². The van der Waals surface area contributed by atoms with Gasteiger partial charge in [-0.05, 0) is 54.7 Å². The molecule has 0 aliphatic heterocycles. The van der Waals surface area contributed by atoms with Crippen LogP contribution in [0, 0.1) is 0 Å². The minimum atomic E-state index is -1.68. The van der Waals surface area contributed by atoms with Crippen molar-refractivity contribution in [2.45, 2.75) is 38.9 Å². The van der Waals surface area contributed by atoms with Gasteiger partial charge in [0, 0.05) is 14.5 Å². The molecule has 0 N–H and O–H groups in total. The van der Waals surface area contributed by atoms with Gasteiger partial charge in [0.15, 0.2) is 7.38 Å². The summed E-state index contributed by atoms with van der Waals surface area (Å²) in [6.07, 6.45) is 5.62. The lowest BCUT2D eigenvalue weighted by atomic mass is 10.1. The zero-order chi connectivity index (χ0) is 19.1. The molecule has 0 radical (unpaired) electrons. The van der Waals surface area contributed by atoms with E-state index in [1.165, 1.54) is 42.3 Å². The average Bonchev–Trinajstić information content (AvgIpc) is 3.08. The summed E-state index contributed by atoms with van der Waals surface area (Å²) in [5, 5.41) is 0. The lowest BCUT2D eigenvalue weighted by molar-refractivity contribution is 1.09. The van der Waals surface area contributed by atoms with E-state index < -0.39 is 7.38 Å². The molecule has 0 saturated heterocycles. The summed E-state index contributed by atoms with van der Waals surface area (Å²) < 4.78 is 2.42. The topological polar surface area (TPSA) is 0 Å². The lowest BCUT2D eigenvalue weighted by Crippen LogP contribution is -2.28. The summed E-state index contributed by atoms with van der Waals surface area (Å²) in [6.45, 7) is 8.79. The van der Waals surface area contributed by atoms with E-state index in [0.717, 1.165) is 6.42 Å². The summed E-state index contributed by atoms with van der Waals surface area (Å²) in [6, 6.07) is 12.7. The Hall–Kier alpha value is -0.613. The molecule has 0 amide bonds. The van der Waals surface area contributed by atoms with Gasteiger partial charge in [-0.1, -0.05) is 92.5 Å². The van der Waals surface area contributed by atoms with Gasteiger partial charge in [-0.2, -0.15) is 11.1 Å². The molecular formula is C22H23Br2ClSi. The number of benzene rings is 2. The third-order valence-electron chi connectivity index (χ3n) is 4.92. The molecule has 0 spiro atoms. The molecule has 0 saturated carbocycles. The summed E-state index contributed by atoms with van der Waals surface area (Å²) in [4.78, 5) is 0. The first kappa shape index (κ1) is 20.1. The van der Waals surface area contributed by atoms with E-state index in [1.807, 2.05) is 0 Å². The molecule has 0 bridgehead atoms. The molecule has 2 aliphatic carbocycles. The number of fused-ring (bicyclic) bond motifs is 2. The van der Waals surface area contributed by atoms with Crippen LogP contribution in [0.1, 0.15) is 41.6 Å². The van der Waals surface area contributed by atoms with Crippen LogP contribution in [0.3, 0.4) is 0 Å². The summed E-state index contributed by atoms with van der Waals surface area (Å²) in [5.41, 5.74) is 8.85. The second kappa shape index (κ2) is 7.79. The molecular weight excluding hydrogens is 488 g/mol. The van der Waals surface area contributed by atoms with Crippen LogP contribution in [0.2, 0.25) is 13.1 Å². The number of rotatable bonds is 1. The summed E-state index contributed by atoms with van der Waals surface area (Å²) in [5.74, 6) is 0. The normalized spacial score (nSPS) is 17.7. The van der Waals surface area contributed by atoms with Gasteiger partial charge in [-0.3, -0.25) is 0 Å². The van der Waals surface area contributed by atoms with E-state index in [4.69, 9.17) is 11.1 Å². The van der Waals surface area contributed by atoms with E-state index in [0.29, 0.717) is 5.54 Å². The fourth-order valence-corrected chi connectivity index (χ4v) is 7.96. The summed E-state index contributed by atoms with van der Waals surface area (Å²) in [7, 11) is -1.68. The molecule has 136 valence electrons. The van der Waals surface area contributed by atoms with Crippen LogP contribution >= 0.6 is 42.9 Å². The Morgan fingerprint density at radius 2 is 1.62 bits per heavy atom. The standard InChI is InChI=1S/C12H14BrClSi.C10H9Br/c1-8-7-10-9(5-4-6-11(10)13)12(8)15(2,3)14;1-7-5-8-3-2-4-10(11)9(8)6-7/h4-7,12H,1-3H3;2-5H,6H2,1H3. The molecule has 0 fully saturated rings. The van der Waals surface area contributed by atoms with Crippen molar-refractivity contribution in [3.05, 3.63) is 78.7 Å². The van der Waals surface area contributed by atoms with Crippen LogP contribution in [0.25, 0.3) is 12.2 Å². The SMILES string of the molecule is CC1=Cc2c(Br)cccc2C1[Si](C)(C)Cl.CC1=Cc2cccc(Br)c2C1. The van der Waals surface area contributed by atoms with Crippen LogP contribution in [0.4, 0.5) is 0 Å². The largest absolute Gasteiger partial charge is 0.167 e. The lowest BCUT2D eigenvalue weighted by Gasteiger charge is -2.25. The molecule has 0 heterocycles. The fraction of sp³-hybridized carbons (Fsp3) is 0.273. The van der Waals surface area contributed by atoms with Crippen LogP contribution in [-0.2, 0) is 6.42 Å². The van der Waals surface area contributed by atoms with E-state index in [-0.39, 0.29) is 0 Å². The Bertz CT molecular complexity index is 907. The second-order valence-corrected chi connectivity index (χ2v) is 15.9. The highest BCUT2D eigenvalue weighted by Crippen LogP contribution is 2.45. The predicted octanol–water partition coefficient (Wildman–Crippen LogP) is 8.34. The third-order valence-corrected chi connectivity index (χ3v) is 9.15. The average molecular weight is 511 g/mol. The zero-order valence-corrected chi connectivity index (χ0v) is 20.5. The molecule has 2 aromatic rings. The Kier molecular flexibility index (Phi) is 6.03. The number of hydrogen-bond donors (Lipinski definition) is 0. The first-order chi connectivity index (χ1) is 12.2. The van der Waals surface area contributed by atoms with Crippen molar-refractivity contribution < 1.29 is 0 Å². The van der Waals surface area contributed by atoms with E-state index in [9.17, 15) is 0 Å². The highest BCUT2D eigenvalue weighted by atomic mass is 79.9. The Balaban J connectivity index is 0.000000158. The van der Waals surface area contributed by atoms with Gasteiger partial charge < -0.3 is 0 Å². The van der Waals surface area contributed by atoms with Crippen molar-refractivity contribution >= 4 is 62.5 Å². The number of hydrogen-bond acceptors (Lipinski definition) is 0. The van der Waals surface area contributed by atoms with E-state index >= 15 is 0 Å². The van der Waals surface area contributed by atoms with Gasteiger partial charge in [0.1, 0.15) is 0 Å². The van der Waals surface area contributed by atoms with E-state index in [1.54, 1.807) is 0 Å². The van der Waals surface area contributed by atoms with Gasteiger partial charge in [-0.15, -0.1) is 0 Å². The van der Waals surface area contributed by atoms with Gasteiger partial charge in [0.2, 0.25) is 0 Å². The van der Waals surface area contributed by atoms with Crippen molar-refractivity contribution in [1.82, 2.24) is 0 Å². The number of halogens is 3. The fourth-order valence-electron chi connectivity index (χ4n) is 3.92. The molecule has 1 atom stereocenters. The third kappa shape index (κ3) is 4.11. The van der Waals surface area contributed by atoms with Crippen LogP contribution in [-0.4, -0.2) is 7.38 Å². The first-order valence-electron chi connectivity index (χ1n) is 8.78. The Morgan fingerprint density at radius 3 is 2.27 bits per heavy atom. The molecule has 1 unspecified atom stereocenters. The predicted molar refractivity (Wildman–Crippen MR) is 125 cm³/mol. The van der Waals surface area contributed by atoms with Crippen molar-refractivity contribution in [2.75, 3.05) is 0 Å². The van der Waals surface area contributed by atoms with Gasteiger partial charge in [-0.25, -0.2) is 0 Å². The zero-order valence-electron chi connectivity index (χ0n) is 15.5. The highest BCUT2D eigenvalue weighted by Gasteiger charge is 2.37. The highest BCUT2D eigenvalue weighted by molar-refractivity contribution is 9.10. The molecule has 2 aliphatic rings. The van der Waals surface area contributed by atoms with Crippen LogP contribution in [0.5, 0.6) is 0 Å². The van der Waals surface area contributed by atoms with E-state index in [2.05, 4.69) is 107 Å². The van der Waals surface area contributed by atoms with Crippen LogP contribution < -0.4 is 0 Å².